The molecule has 0 spiro atoms. The number of phosphoric ester groups is 1. The van der Waals surface area contributed by atoms with Crippen molar-refractivity contribution in [3.63, 3.8) is 0 Å². The molecule has 0 radical (unpaired) electrons. The maximum atomic E-state index is 12.7. The number of phosphoric acid groups is 1. The summed E-state index contributed by atoms with van der Waals surface area (Å²) in [5.41, 5.74) is 0. The molecule has 62 heavy (non-hydrogen) atoms. The zero-order chi connectivity index (χ0) is 45.7. The number of rotatable bonds is 42. The SMILES string of the molecule is CC/C=C\C/C=C\C/C=C\C/C=C\C/C=C\C/C=C\C/C=C\C/C=C\CCCCCCCCC(=O)OC(COC(=O)CCCCCCCCC)COP(=O)([O-])OCC[N+](C)(C)C. The standard InChI is InChI=1S/C52H88NO8P/c1-6-8-10-12-14-15-16-17-18-19-20-21-22-23-24-25-26-27-28-29-30-31-32-33-34-35-36-37-39-41-43-45-52(55)61-50(49-60-62(56,57)59-47-46-53(3,4)5)48-58-51(54)44-42-40-38-13-11-9-7-2/h8,10,14-15,17-18,20-21,23-24,26-27,29-30,32-33,50H,6-7,9,11-13,16,19,22,25,28,31,34-49H2,1-5H3/b10-8-,15-14-,18-17-,21-20-,24-23-,27-26-,30-29-,33-32-. The van der Waals surface area contributed by atoms with Gasteiger partial charge < -0.3 is 27.9 Å². The van der Waals surface area contributed by atoms with E-state index >= 15 is 0 Å². The van der Waals surface area contributed by atoms with Crippen molar-refractivity contribution in [1.82, 2.24) is 0 Å². The molecule has 0 saturated heterocycles. The third kappa shape index (κ3) is 46.4. The maximum absolute atomic E-state index is 12.7. The second-order valence-corrected chi connectivity index (χ2v) is 18.2. The lowest BCUT2D eigenvalue weighted by atomic mass is 10.1. The van der Waals surface area contributed by atoms with E-state index in [1.807, 2.05) is 21.1 Å². The molecule has 10 heteroatoms. The van der Waals surface area contributed by atoms with E-state index < -0.39 is 32.5 Å². The van der Waals surface area contributed by atoms with E-state index in [-0.39, 0.29) is 26.1 Å². The maximum Gasteiger partial charge on any atom is 0.306 e. The molecule has 2 unspecified atom stereocenters. The average molecular weight is 886 g/mol. The van der Waals surface area contributed by atoms with Crippen molar-refractivity contribution in [2.24, 2.45) is 0 Å². The number of unbranched alkanes of at least 4 members (excludes halogenated alkanes) is 12. The molecule has 0 rings (SSSR count). The molecule has 0 amide bonds. The fourth-order valence-corrected chi connectivity index (χ4v) is 6.63. The Hall–Kier alpha value is -3.07. The van der Waals surface area contributed by atoms with Crippen molar-refractivity contribution in [3.05, 3.63) is 97.2 Å². The molecular weight excluding hydrogens is 798 g/mol. The van der Waals surface area contributed by atoms with Gasteiger partial charge in [-0.1, -0.05) is 175 Å². The third-order valence-electron chi connectivity index (χ3n) is 9.62. The highest BCUT2D eigenvalue weighted by Gasteiger charge is 2.21. The highest BCUT2D eigenvalue weighted by atomic mass is 31.2. The summed E-state index contributed by atoms with van der Waals surface area (Å²) in [5.74, 6) is -0.867. The second kappa shape index (κ2) is 43.2. The summed E-state index contributed by atoms with van der Waals surface area (Å²) in [6, 6.07) is 0. The van der Waals surface area contributed by atoms with Gasteiger partial charge in [-0.2, -0.15) is 0 Å². The lowest BCUT2D eigenvalue weighted by Gasteiger charge is -2.28. The number of esters is 2. The molecule has 0 saturated carbocycles. The van der Waals surface area contributed by atoms with E-state index in [4.69, 9.17) is 18.5 Å². The minimum Gasteiger partial charge on any atom is -0.756 e. The van der Waals surface area contributed by atoms with Gasteiger partial charge in [0.2, 0.25) is 0 Å². The van der Waals surface area contributed by atoms with Gasteiger partial charge >= 0.3 is 11.9 Å². The summed E-state index contributed by atoms with van der Waals surface area (Å²) in [7, 11) is 1.14. The van der Waals surface area contributed by atoms with Crippen LogP contribution in [-0.4, -0.2) is 70.0 Å². The first-order chi connectivity index (χ1) is 30.0. The molecule has 0 heterocycles. The monoisotopic (exact) mass is 886 g/mol. The highest BCUT2D eigenvalue weighted by Crippen LogP contribution is 2.38. The van der Waals surface area contributed by atoms with Crippen LogP contribution in [0.15, 0.2) is 97.2 Å². The molecule has 0 N–H and O–H groups in total. The van der Waals surface area contributed by atoms with E-state index in [9.17, 15) is 19.0 Å². The van der Waals surface area contributed by atoms with E-state index in [2.05, 4.69) is 111 Å². The van der Waals surface area contributed by atoms with E-state index in [1.54, 1.807) is 0 Å². The molecule has 0 aliphatic carbocycles. The van der Waals surface area contributed by atoms with E-state index in [1.165, 1.54) is 19.3 Å². The van der Waals surface area contributed by atoms with Crippen LogP contribution >= 0.6 is 7.82 Å². The fourth-order valence-electron chi connectivity index (χ4n) is 5.90. The number of likely N-dealkylation sites (N-methyl/N-ethyl adjacent to an activating group) is 1. The number of nitrogens with zero attached hydrogens (tertiary/aromatic N) is 1. The minimum absolute atomic E-state index is 0.0384. The largest absolute Gasteiger partial charge is 0.756 e. The van der Waals surface area contributed by atoms with Crippen molar-refractivity contribution in [3.8, 4) is 0 Å². The lowest BCUT2D eigenvalue weighted by molar-refractivity contribution is -0.870. The second-order valence-electron chi connectivity index (χ2n) is 16.7. The zero-order valence-electron chi connectivity index (χ0n) is 39.8. The van der Waals surface area contributed by atoms with Gasteiger partial charge in [-0.15, -0.1) is 0 Å². The lowest BCUT2D eigenvalue weighted by Crippen LogP contribution is -2.37. The molecule has 0 aromatic heterocycles. The number of carbonyl (C=O) groups is 2. The average Bonchev–Trinajstić information content (AvgIpc) is 3.23. The first kappa shape index (κ1) is 58.9. The summed E-state index contributed by atoms with van der Waals surface area (Å²) >= 11 is 0. The molecule has 9 nitrogen and oxygen atoms in total. The normalized spacial score (nSPS) is 14.4. The number of hydrogen-bond acceptors (Lipinski definition) is 8. The fraction of sp³-hybridized carbons (Fsp3) is 0.654. The van der Waals surface area contributed by atoms with Crippen molar-refractivity contribution >= 4 is 19.8 Å². The van der Waals surface area contributed by atoms with Crippen LogP contribution in [0.5, 0.6) is 0 Å². The van der Waals surface area contributed by atoms with Crippen molar-refractivity contribution in [2.75, 3.05) is 47.5 Å². The summed E-state index contributed by atoms with van der Waals surface area (Å²) < 4.78 is 33.8. The van der Waals surface area contributed by atoms with Gasteiger partial charge in [0.25, 0.3) is 7.82 Å². The van der Waals surface area contributed by atoms with Gasteiger partial charge in [-0.25, -0.2) is 0 Å². The number of carbonyl (C=O) groups excluding carboxylic acids is 2. The molecule has 0 fully saturated rings. The van der Waals surface area contributed by atoms with Crippen molar-refractivity contribution < 1.29 is 42.1 Å². The van der Waals surface area contributed by atoms with Gasteiger partial charge in [0.05, 0.1) is 27.7 Å². The Morgan fingerprint density at radius 3 is 1.37 bits per heavy atom. The highest BCUT2D eigenvalue weighted by molar-refractivity contribution is 7.45. The molecule has 2 atom stereocenters. The summed E-state index contributed by atoms with van der Waals surface area (Å²) in [4.78, 5) is 37.4. The Kier molecular flexibility index (Phi) is 41.1. The van der Waals surface area contributed by atoms with Gasteiger partial charge in [-0.05, 0) is 77.0 Å². The van der Waals surface area contributed by atoms with Crippen LogP contribution in [-0.2, 0) is 32.7 Å². The quantitative estimate of drug-likeness (QED) is 0.0196. The van der Waals surface area contributed by atoms with Crippen LogP contribution in [0.2, 0.25) is 0 Å². The van der Waals surface area contributed by atoms with Gasteiger partial charge in [0.15, 0.2) is 6.10 Å². The van der Waals surface area contributed by atoms with Crippen molar-refractivity contribution in [1.29, 1.82) is 0 Å². The molecule has 0 bridgehead atoms. The first-order valence-electron chi connectivity index (χ1n) is 23.9. The predicted octanol–water partition coefficient (Wildman–Crippen LogP) is 13.5. The van der Waals surface area contributed by atoms with E-state index in [0.717, 1.165) is 116 Å². The van der Waals surface area contributed by atoms with Crippen molar-refractivity contribution in [2.45, 2.75) is 174 Å². The van der Waals surface area contributed by atoms with Crippen LogP contribution in [0.25, 0.3) is 0 Å². The Bertz CT molecular complexity index is 1370. The topological polar surface area (TPSA) is 111 Å². The Labute approximate surface area is 379 Å². The summed E-state index contributed by atoms with van der Waals surface area (Å²) in [6.45, 7) is 4.02. The Morgan fingerprint density at radius 2 is 0.919 bits per heavy atom. The Balaban J connectivity index is 4.17. The first-order valence-corrected chi connectivity index (χ1v) is 25.4. The minimum atomic E-state index is -4.63. The molecule has 0 aliphatic heterocycles. The molecule has 354 valence electrons. The smallest absolute Gasteiger partial charge is 0.306 e. The van der Waals surface area contributed by atoms with Gasteiger partial charge in [0, 0.05) is 12.8 Å². The van der Waals surface area contributed by atoms with Crippen LogP contribution in [0.4, 0.5) is 0 Å². The van der Waals surface area contributed by atoms with Gasteiger partial charge in [-0.3, -0.25) is 14.2 Å². The summed E-state index contributed by atoms with van der Waals surface area (Å²) in [6.07, 6.45) is 57.5. The number of ether oxygens (including phenoxy) is 2. The zero-order valence-corrected chi connectivity index (χ0v) is 40.7. The third-order valence-corrected chi connectivity index (χ3v) is 10.6. The molecule has 0 aromatic rings. The van der Waals surface area contributed by atoms with Crippen LogP contribution in [0.1, 0.15) is 168 Å². The molecule has 0 aliphatic rings. The predicted molar refractivity (Wildman–Crippen MR) is 259 cm³/mol. The number of hydrogen-bond donors (Lipinski definition) is 0. The molecular formula is C52H88NO8P. The summed E-state index contributed by atoms with van der Waals surface area (Å²) in [5, 5.41) is 0. The molecule has 0 aromatic carbocycles. The van der Waals surface area contributed by atoms with Gasteiger partial charge in [0.1, 0.15) is 19.8 Å². The van der Waals surface area contributed by atoms with Crippen LogP contribution in [0.3, 0.4) is 0 Å². The van der Waals surface area contributed by atoms with Crippen LogP contribution in [0, 0.1) is 0 Å². The van der Waals surface area contributed by atoms with Crippen LogP contribution < -0.4 is 4.89 Å². The van der Waals surface area contributed by atoms with E-state index in [0.29, 0.717) is 17.4 Å². The Morgan fingerprint density at radius 1 is 0.516 bits per heavy atom. The number of quaternary nitrogens is 1. The number of allylic oxidation sites excluding steroid dienone is 16.